The summed E-state index contributed by atoms with van der Waals surface area (Å²) in [6, 6.07) is 6.37. The van der Waals surface area contributed by atoms with Crippen molar-refractivity contribution in [3.63, 3.8) is 0 Å². The van der Waals surface area contributed by atoms with E-state index in [0.29, 0.717) is 0 Å². The highest BCUT2D eigenvalue weighted by Gasteiger charge is 2.26. The minimum absolute atomic E-state index is 0.00740. The van der Waals surface area contributed by atoms with Gasteiger partial charge in [0.1, 0.15) is 6.10 Å². The third-order valence-corrected chi connectivity index (χ3v) is 3.18. The minimum Gasteiger partial charge on any atom is -0.390 e. The van der Waals surface area contributed by atoms with Crippen molar-refractivity contribution < 1.29 is 4.84 Å². The fraction of sp³-hybridized carbons (Fsp3) is 0.462. The molecule has 2 unspecified atom stereocenters. The van der Waals surface area contributed by atoms with Crippen LogP contribution in [0.15, 0.2) is 23.4 Å². The Morgan fingerprint density at radius 1 is 1.44 bits per heavy atom. The molecule has 86 valence electrons. The van der Waals surface area contributed by atoms with Crippen molar-refractivity contribution in [1.82, 2.24) is 0 Å². The normalized spacial score (nSPS) is 21.5. The molecule has 0 N–H and O–H groups in total. The lowest BCUT2D eigenvalue weighted by molar-refractivity contribution is 0.0855. The van der Waals surface area contributed by atoms with Crippen LogP contribution in [0.4, 0.5) is 0 Å². The number of benzene rings is 1. The molecule has 0 fully saturated rings. The van der Waals surface area contributed by atoms with Crippen molar-refractivity contribution >= 4 is 17.3 Å². The lowest BCUT2D eigenvalue weighted by Gasteiger charge is -2.09. The Kier molecular flexibility index (Phi) is 3.20. The van der Waals surface area contributed by atoms with E-state index in [4.69, 9.17) is 16.4 Å². The van der Waals surface area contributed by atoms with Crippen LogP contribution < -0.4 is 0 Å². The van der Waals surface area contributed by atoms with Crippen molar-refractivity contribution in [2.45, 2.75) is 38.7 Å². The number of aryl methyl sites for hydroxylation is 2. The first-order chi connectivity index (χ1) is 7.58. The molecule has 3 heteroatoms. The molecule has 1 aliphatic heterocycles. The van der Waals surface area contributed by atoms with E-state index in [1.54, 1.807) is 0 Å². The summed E-state index contributed by atoms with van der Waals surface area (Å²) < 4.78 is 0. The third kappa shape index (κ3) is 2.22. The largest absolute Gasteiger partial charge is 0.390 e. The average Bonchev–Trinajstić information content (AvgIpc) is 2.66. The van der Waals surface area contributed by atoms with Gasteiger partial charge in [-0.15, -0.1) is 11.6 Å². The van der Waals surface area contributed by atoms with E-state index in [1.165, 1.54) is 16.7 Å². The number of halogens is 1. The number of hydrogen-bond donors (Lipinski definition) is 0. The fourth-order valence-electron chi connectivity index (χ4n) is 1.94. The highest BCUT2D eigenvalue weighted by molar-refractivity contribution is 6.21. The van der Waals surface area contributed by atoms with Gasteiger partial charge < -0.3 is 4.84 Å². The molecule has 2 atom stereocenters. The molecule has 0 amide bonds. The predicted octanol–water partition coefficient (Wildman–Crippen LogP) is 3.42. The average molecular weight is 238 g/mol. The zero-order valence-electron chi connectivity index (χ0n) is 9.83. The first-order valence-corrected chi connectivity index (χ1v) is 5.96. The van der Waals surface area contributed by atoms with Crippen LogP contribution in [0.5, 0.6) is 0 Å². The van der Waals surface area contributed by atoms with Crippen LogP contribution in [-0.4, -0.2) is 17.2 Å². The van der Waals surface area contributed by atoms with Gasteiger partial charge in [-0.1, -0.05) is 28.9 Å². The Balaban J connectivity index is 2.21. The molecule has 0 saturated heterocycles. The van der Waals surface area contributed by atoms with Gasteiger partial charge in [-0.2, -0.15) is 0 Å². The Morgan fingerprint density at radius 2 is 2.19 bits per heavy atom. The summed E-state index contributed by atoms with van der Waals surface area (Å²) in [5.41, 5.74) is 4.69. The summed E-state index contributed by atoms with van der Waals surface area (Å²) in [4.78, 5) is 5.32. The summed E-state index contributed by atoms with van der Waals surface area (Å²) >= 11 is 6.00. The molecule has 0 saturated carbocycles. The molecule has 2 nitrogen and oxygen atoms in total. The van der Waals surface area contributed by atoms with Crippen molar-refractivity contribution in [2.75, 3.05) is 0 Å². The molecule has 1 aromatic rings. The van der Waals surface area contributed by atoms with Gasteiger partial charge in [-0.25, -0.2) is 0 Å². The SMILES string of the molecule is Cc1ccc(C2=NOC(C(C)Cl)C2)c(C)c1. The number of hydrogen-bond acceptors (Lipinski definition) is 2. The van der Waals surface area contributed by atoms with E-state index in [1.807, 2.05) is 6.92 Å². The van der Waals surface area contributed by atoms with Gasteiger partial charge in [0.25, 0.3) is 0 Å². The molecule has 16 heavy (non-hydrogen) atoms. The molecule has 2 rings (SSSR count). The van der Waals surface area contributed by atoms with E-state index in [2.05, 4.69) is 37.2 Å². The van der Waals surface area contributed by atoms with Gasteiger partial charge in [-0.05, 0) is 26.3 Å². The Hall–Kier alpha value is -1.02. The predicted molar refractivity (Wildman–Crippen MR) is 67.3 cm³/mol. The molecule has 0 bridgehead atoms. The van der Waals surface area contributed by atoms with Gasteiger partial charge in [0.15, 0.2) is 0 Å². The molecular formula is C13H16ClNO. The van der Waals surface area contributed by atoms with Crippen LogP contribution in [0.25, 0.3) is 0 Å². The summed E-state index contributed by atoms with van der Waals surface area (Å²) in [7, 11) is 0. The zero-order valence-corrected chi connectivity index (χ0v) is 10.6. The number of alkyl halides is 1. The second-order valence-electron chi connectivity index (χ2n) is 4.38. The second kappa shape index (κ2) is 4.46. The van der Waals surface area contributed by atoms with Crippen LogP contribution in [0.1, 0.15) is 30.0 Å². The number of rotatable bonds is 2. The van der Waals surface area contributed by atoms with Crippen LogP contribution in [-0.2, 0) is 4.84 Å². The van der Waals surface area contributed by atoms with Crippen LogP contribution >= 0.6 is 11.6 Å². The molecule has 1 aliphatic rings. The Labute approximate surface area is 101 Å². The summed E-state index contributed by atoms with van der Waals surface area (Å²) in [5.74, 6) is 0. The highest BCUT2D eigenvalue weighted by Crippen LogP contribution is 2.23. The molecule has 1 aromatic carbocycles. The van der Waals surface area contributed by atoms with Crippen molar-refractivity contribution in [3.05, 3.63) is 34.9 Å². The maximum Gasteiger partial charge on any atom is 0.149 e. The standard InChI is InChI=1S/C13H16ClNO/c1-8-4-5-11(9(2)6-8)12-7-13(10(3)14)16-15-12/h4-6,10,13H,7H2,1-3H3. The molecule has 1 heterocycles. The number of oxime groups is 1. The Morgan fingerprint density at radius 3 is 2.75 bits per heavy atom. The molecule has 0 radical (unpaired) electrons. The maximum atomic E-state index is 6.00. The molecular weight excluding hydrogens is 222 g/mol. The maximum absolute atomic E-state index is 6.00. The van der Waals surface area contributed by atoms with E-state index in [9.17, 15) is 0 Å². The lowest BCUT2D eigenvalue weighted by atomic mass is 9.98. The fourth-order valence-corrected chi connectivity index (χ4v) is 2.07. The zero-order chi connectivity index (χ0) is 11.7. The van der Waals surface area contributed by atoms with E-state index in [0.717, 1.165) is 12.1 Å². The monoisotopic (exact) mass is 237 g/mol. The van der Waals surface area contributed by atoms with Crippen LogP contribution in [0.3, 0.4) is 0 Å². The summed E-state index contributed by atoms with van der Waals surface area (Å²) in [6.07, 6.45) is 0.812. The van der Waals surface area contributed by atoms with Gasteiger partial charge in [-0.3, -0.25) is 0 Å². The van der Waals surface area contributed by atoms with Gasteiger partial charge >= 0.3 is 0 Å². The third-order valence-electron chi connectivity index (χ3n) is 2.90. The van der Waals surface area contributed by atoms with E-state index < -0.39 is 0 Å². The lowest BCUT2D eigenvalue weighted by Crippen LogP contribution is -2.18. The van der Waals surface area contributed by atoms with Crippen LogP contribution in [0.2, 0.25) is 0 Å². The van der Waals surface area contributed by atoms with Crippen LogP contribution in [0, 0.1) is 13.8 Å². The van der Waals surface area contributed by atoms with Gasteiger partial charge in [0.2, 0.25) is 0 Å². The molecule has 0 aromatic heterocycles. The van der Waals surface area contributed by atoms with Crippen molar-refractivity contribution in [2.24, 2.45) is 5.16 Å². The summed E-state index contributed by atoms with van der Waals surface area (Å²) in [5, 5.41) is 4.12. The highest BCUT2D eigenvalue weighted by atomic mass is 35.5. The topological polar surface area (TPSA) is 21.6 Å². The summed E-state index contributed by atoms with van der Waals surface area (Å²) in [6.45, 7) is 6.13. The Bertz CT molecular complexity index is 426. The van der Waals surface area contributed by atoms with Crippen molar-refractivity contribution in [1.29, 1.82) is 0 Å². The van der Waals surface area contributed by atoms with E-state index >= 15 is 0 Å². The number of nitrogens with zero attached hydrogens (tertiary/aromatic N) is 1. The molecule has 0 spiro atoms. The van der Waals surface area contributed by atoms with E-state index in [-0.39, 0.29) is 11.5 Å². The quantitative estimate of drug-likeness (QED) is 0.723. The van der Waals surface area contributed by atoms with Gasteiger partial charge in [0, 0.05) is 12.0 Å². The molecule has 0 aliphatic carbocycles. The second-order valence-corrected chi connectivity index (χ2v) is 5.07. The first kappa shape index (κ1) is 11.5. The smallest absolute Gasteiger partial charge is 0.149 e. The van der Waals surface area contributed by atoms with Crippen molar-refractivity contribution in [3.8, 4) is 0 Å². The minimum atomic E-state index is -0.00740. The van der Waals surface area contributed by atoms with Gasteiger partial charge in [0.05, 0.1) is 11.1 Å². The first-order valence-electron chi connectivity index (χ1n) is 5.52.